The molecule has 0 aromatic carbocycles. The number of hydrogen-bond donors (Lipinski definition) is 0. The molecule has 3 nitrogen and oxygen atoms in total. The van der Waals surface area contributed by atoms with Gasteiger partial charge in [0.2, 0.25) is 0 Å². The van der Waals surface area contributed by atoms with Crippen molar-refractivity contribution in [3.8, 4) is 0 Å². The van der Waals surface area contributed by atoms with Gasteiger partial charge in [-0.05, 0) is 6.42 Å². The number of hydrogen-bond acceptors (Lipinski definition) is 2. The Balaban J connectivity index is 2.83. The number of rotatable bonds is 5. The Hall–Kier alpha value is -0.600. The van der Waals surface area contributed by atoms with E-state index in [4.69, 9.17) is 0 Å². The van der Waals surface area contributed by atoms with Crippen molar-refractivity contribution >= 4 is 0 Å². The molecule has 0 saturated carbocycles. The van der Waals surface area contributed by atoms with E-state index in [0.29, 0.717) is 6.42 Å². The second-order valence-corrected chi connectivity index (χ2v) is 1.87. The van der Waals surface area contributed by atoms with Crippen LogP contribution >= 0.6 is 0 Å². The third-order valence-corrected chi connectivity index (χ3v) is 1.02. The monoisotopic (exact) mass is 129 g/mol. The average molecular weight is 129 g/mol. The van der Waals surface area contributed by atoms with E-state index in [2.05, 4.69) is 13.5 Å². The van der Waals surface area contributed by atoms with Gasteiger partial charge in [-0.15, -0.1) is 0 Å². The fraction of sp³-hybridized carbons (Fsp3) is 0.833. The molecule has 0 spiro atoms. The lowest BCUT2D eigenvalue weighted by Gasteiger charge is -1.88. The van der Waals surface area contributed by atoms with Crippen molar-refractivity contribution in [3.63, 3.8) is 0 Å². The molecule has 0 atom stereocenters. The molecule has 52 valence electrons. The van der Waals surface area contributed by atoms with Gasteiger partial charge in [0.1, 0.15) is 0 Å². The summed E-state index contributed by atoms with van der Waals surface area (Å²) < 4.78 is 0. The zero-order valence-electron chi connectivity index (χ0n) is 5.59. The molecule has 0 rings (SSSR count). The van der Waals surface area contributed by atoms with Crippen LogP contribution in [0.5, 0.6) is 0 Å². The van der Waals surface area contributed by atoms with Crippen LogP contribution in [-0.4, -0.2) is 4.92 Å². The highest BCUT2D eigenvalue weighted by molar-refractivity contribution is 4.48. The SMILES string of the molecule is CCCCC[C][N+](=O)[O-]. The first kappa shape index (κ1) is 8.40. The highest BCUT2D eigenvalue weighted by Crippen LogP contribution is 2.00. The largest absolute Gasteiger partial charge is 0.373 e. The number of nitrogens with zero attached hydrogens (tertiary/aromatic N) is 1. The molecular formula is C6H11NO2. The van der Waals surface area contributed by atoms with Crippen molar-refractivity contribution in [1.29, 1.82) is 0 Å². The topological polar surface area (TPSA) is 43.1 Å². The molecule has 0 fully saturated rings. The summed E-state index contributed by atoms with van der Waals surface area (Å²) in [6.45, 7) is 4.16. The van der Waals surface area contributed by atoms with E-state index >= 15 is 0 Å². The Morgan fingerprint density at radius 1 is 1.56 bits per heavy atom. The van der Waals surface area contributed by atoms with Crippen LogP contribution in [0, 0.1) is 16.7 Å². The molecule has 3 heteroatoms. The zero-order valence-corrected chi connectivity index (χ0v) is 5.59. The summed E-state index contributed by atoms with van der Waals surface area (Å²) in [5, 5.41) is 9.66. The summed E-state index contributed by atoms with van der Waals surface area (Å²) in [5.74, 6) is 0. The molecule has 0 N–H and O–H groups in total. The molecule has 0 amide bonds. The van der Waals surface area contributed by atoms with Crippen LogP contribution in [0.2, 0.25) is 0 Å². The van der Waals surface area contributed by atoms with Gasteiger partial charge in [-0.2, -0.15) is 0 Å². The Morgan fingerprint density at radius 3 is 2.67 bits per heavy atom. The van der Waals surface area contributed by atoms with E-state index < -0.39 is 4.92 Å². The first-order chi connectivity index (χ1) is 4.27. The van der Waals surface area contributed by atoms with Gasteiger partial charge in [-0.25, -0.2) is 0 Å². The van der Waals surface area contributed by atoms with Crippen molar-refractivity contribution in [1.82, 2.24) is 0 Å². The second-order valence-electron chi connectivity index (χ2n) is 1.87. The standard InChI is InChI=1S/C6H11NO2/c1-2-3-4-5-6-7(8)9/h2-5H2,1H3. The molecule has 0 unspecified atom stereocenters. The Bertz CT molecular complexity index is 83.1. The Morgan fingerprint density at radius 2 is 2.22 bits per heavy atom. The normalized spacial score (nSPS) is 9.44. The minimum absolute atomic E-state index is 0.487. The van der Waals surface area contributed by atoms with Gasteiger partial charge in [0.15, 0.2) is 0 Å². The molecule has 0 aliphatic rings. The number of unbranched alkanes of at least 4 members (excludes halogenated alkanes) is 3. The van der Waals surface area contributed by atoms with Gasteiger partial charge in [-0.1, -0.05) is 19.8 Å². The maximum absolute atomic E-state index is 9.66. The third kappa shape index (κ3) is 7.40. The summed E-state index contributed by atoms with van der Waals surface area (Å²) in [6.07, 6.45) is 3.53. The summed E-state index contributed by atoms with van der Waals surface area (Å²) in [7, 11) is 0. The molecule has 0 aliphatic heterocycles. The fourth-order valence-electron chi connectivity index (χ4n) is 0.545. The van der Waals surface area contributed by atoms with E-state index in [1.54, 1.807) is 0 Å². The lowest BCUT2D eigenvalue weighted by atomic mass is 10.2. The second kappa shape index (κ2) is 5.54. The van der Waals surface area contributed by atoms with Crippen LogP contribution in [0.25, 0.3) is 0 Å². The van der Waals surface area contributed by atoms with Gasteiger partial charge in [-0.3, -0.25) is 10.1 Å². The van der Waals surface area contributed by atoms with Crippen molar-refractivity contribution in [3.05, 3.63) is 16.7 Å². The summed E-state index contributed by atoms with van der Waals surface area (Å²) in [4.78, 5) is 9.15. The zero-order chi connectivity index (χ0) is 7.11. The number of nitro groups is 1. The van der Waals surface area contributed by atoms with E-state index in [0.717, 1.165) is 19.3 Å². The minimum Gasteiger partial charge on any atom is -0.263 e. The van der Waals surface area contributed by atoms with Gasteiger partial charge in [0, 0.05) is 11.3 Å². The predicted molar refractivity (Wildman–Crippen MR) is 34.4 cm³/mol. The molecule has 0 heterocycles. The Labute approximate surface area is 55.2 Å². The summed E-state index contributed by atoms with van der Waals surface area (Å²) in [5.41, 5.74) is 0. The summed E-state index contributed by atoms with van der Waals surface area (Å²) >= 11 is 0. The lowest BCUT2D eigenvalue weighted by molar-refractivity contribution is -0.438. The lowest BCUT2D eigenvalue weighted by Crippen LogP contribution is -1.91. The maximum Gasteiger partial charge on any atom is 0.373 e. The fourth-order valence-corrected chi connectivity index (χ4v) is 0.545. The minimum atomic E-state index is -0.504. The van der Waals surface area contributed by atoms with Crippen LogP contribution in [0.1, 0.15) is 32.6 Å². The molecule has 9 heavy (non-hydrogen) atoms. The van der Waals surface area contributed by atoms with Crippen LogP contribution in [0.4, 0.5) is 0 Å². The van der Waals surface area contributed by atoms with Crippen LogP contribution in [-0.2, 0) is 0 Å². The third-order valence-electron chi connectivity index (χ3n) is 1.02. The van der Waals surface area contributed by atoms with E-state index in [9.17, 15) is 10.1 Å². The highest BCUT2D eigenvalue weighted by atomic mass is 16.6. The van der Waals surface area contributed by atoms with Crippen molar-refractivity contribution in [2.45, 2.75) is 32.6 Å². The van der Waals surface area contributed by atoms with Gasteiger partial charge in [0.05, 0.1) is 0 Å². The highest BCUT2D eigenvalue weighted by Gasteiger charge is 1.99. The quantitative estimate of drug-likeness (QED) is 0.246. The van der Waals surface area contributed by atoms with E-state index in [-0.39, 0.29) is 0 Å². The van der Waals surface area contributed by atoms with Crippen LogP contribution in [0.3, 0.4) is 0 Å². The van der Waals surface area contributed by atoms with Crippen LogP contribution < -0.4 is 0 Å². The van der Waals surface area contributed by atoms with E-state index in [1.807, 2.05) is 0 Å². The molecular weight excluding hydrogens is 118 g/mol. The van der Waals surface area contributed by atoms with Crippen LogP contribution in [0.15, 0.2) is 0 Å². The smallest absolute Gasteiger partial charge is 0.263 e. The molecule has 0 aromatic rings. The van der Waals surface area contributed by atoms with Gasteiger partial charge < -0.3 is 0 Å². The molecule has 0 bridgehead atoms. The van der Waals surface area contributed by atoms with Crippen molar-refractivity contribution in [2.75, 3.05) is 0 Å². The molecule has 2 radical (unpaired) electrons. The molecule has 0 saturated heterocycles. The predicted octanol–water partition coefficient (Wildman–Crippen LogP) is 1.88. The van der Waals surface area contributed by atoms with Gasteiger partial charge >= 0.3 is 6.54 Å². The van der Waals surface area contributed by atoms with Crippen molar-refractivity contribution < 1.29 is 4.92 Å². The first-order valence-corrected chi connectivity index (χ1v) is 3.15. The molecule has 0 aliphatic carbocycles. The van der Waals surface area contributed by atoms with E-state index in [1.165, 1.54) is 0 Å². The maximum atomic E-state index is 9.66. The Kier molecular flexibility index (Phi) is 5.17. The van der Waals surface area contributed by atoms with Gasteiger partial charge in [0.25, 0.3) is 0 Å². The van der Waals surface area contributed by atoms with Crippen molar-refractivity contribution in [2.24, 2.45) is 0 Å². The first-order valence-electron chi connectivity index (χ1n) is 3.15. The summed E-state index contributed by atoms with van der Waals surface area (Å²) in [6, 6.07) is 0. The average Bonchev–Trinajstić information content (AvgIpc) is 1.80. The molecule has 0 aromatic heterocycles.